The van der Waals surface area contributed by atoms with Gasteiger partial charge in [0.25, 0.3) is 5.91 Å². The molecule has 0 aromatic carbocycles. The summed E-state index contributed by atoms with van der Waals surface area (Å²) in [6.07, 6.45) is 8.17. The summed E-state index contributed by atoms with van der Waals surface area (Å²) >= 11 is 0. The predicted molar refractivity (Wildman–Crippen MR) is 81.2 cm³/mol. The zero-order valence-electron chi connectivity index (χ0n) is 12.2. The molecular formula is C16H20N4O. The highest BCUT2D eigenvalue weighted by molar-refractivity contribution is 6.05. The van der Waals surface area contributed by atoms with Crippen LogP contribution >= 0.6 is 0 Å². The van der Waals surface area contributed by atoms with Gasteiger partial charge >= 0.3 is 0 Å². The van der Waals surface area contributed by atoms with Crippen molar-refractivity contribution < 1.29 is 4.79 Å². The second-order valence-electron chi connectivity index (χ2n) is 6.29. The lowest BCUT2D eigenvalue weighted by molar-refractivity contribution is 0.0884. The summed E-state index contributed by atoms with van der Waals surface area (Å²) in [6, 6.07) is 5.37. The van der Waals surface area contributed by atoms with E-state index in [0.717, 1.165) is 23.9 Å². The Hall–Kier alpha value is -1.88. The third kappa shape index (κ3) is 2.12. The molecule has 2 aliphatic heterocycles. The van der Waals surface area contributed by atoms with E-state index in [9.17, 15) is 4.79 Å². The van der Waals surface area contributed by atoms with Gasteiger partial charge in [0.15, 0.2) is 0 Å². The topological polar surface area (TPSA) is 61.0 Å². The summed E-state index contributed by atoms with van der Waals surface area (Å²) in [5, 5.41) is 4.12. The van der Waals surface area contributed by atoms with E-state index in [-0.39, 0.29) is 5.91 Å². The quantitative estimate of drug-likeness (QED) is 0.885. The summed E-state index contributed by atoms with van der Waals surface area (Å²) in [5.41, 5.74) is 1.47. The number of aromatic amines is 1. The molecule has 2 atom stereocenters. The highest BCUT2D eigenvalue weighted by Gasteiger charge is 2.38. The standard InChI is InChI=1S/C16H20N4O/c1-20-11-4-5-12(20)8-10(7-11)19-16(21)14-9-18-15-13(14)3-2-6-17-15/h2-3,6,9-12H,4-5,7-8H2,1H3,(H,17,18)(H,19,21)/t11-,12-/m0/s1. The Balaban J connectivity index is 1.51. The van der Waals surface area contributed by atoms with E-state index < -0.39 is 0 Å². The number of nitrogens with one attached hydrogen (secondary N) is 2. The van der Waals surface area contributed by atoms with Crippen molar-refractivity contribution in [2.45, 2.75) is 43.8 Å². The number of piperidine rings is 1. The molecule has 0 spiro atoms. The number of nitrogens with zero attached hydrogens (tertiary/aromatic N) is 2. The van der Waals surface area contributed by atoms with E-state index in [1.165, 1.54) is 12.8 Å². The van der Waals surface area contributed by atoms with Crippen LogP contribution in [-0.2, 0) is 0 Å². The van der Waals surface area contributed by atoms with Gasteiger partial charge in [-0.2, -0.15) is 0 Å². The van der Waals surface area contributed by atoms with Crippen LogP contribution in [0.5, 0.6) is 0 Å². The van der Waals surface area contributed by atoms with Crippen LogP contribution in [0.3, 0.4) is 0 Å². The Bertz CT molecular complexity index is 666. The third-order valence-corrected chi connectivity index (χ3v) is 5.13. The first-order chi connectivity index (χ1) is 10.2. The number of carbonyl (C=O) groups excluding carboxylic acids is 1. The molecule has 2 bridgehead atoms. The van der Waals surface area contributed by atoms with Crippen molar-refractivity contribution in [3.63, 3.8) is 0 Å². The van der Waals surface area contributed by atoms with Crippen LogP contribution < -0.4 is 5.32 Å². The van der Waals surface area contributed by atoms with Crippen LogP contribution in [0.15, 0.2) is 24.5 Å². The molecule has 4 heterocycles. The summed E-state index contributed by atoms with van der Waals surface area (Å²) in [7, 11) is 2.21. The zero-order valence-corrected chi connectivity index (χ0v) is 12.2. The highest BCUT2D eigenvalue weighted by atomic mass is 16.1. The Kier molecular flexibility index (Phi) is 2.96. The molecule has 2 N–H and O–H groups in total. The van der Waals surface area contributed by atoms with Crippen molar-refractivity contribution in [1.29, 1.82) is 0 Å². The number of H-pyrrole nitrogens is 1. The number of aromatic nitrogens is 2. The van der Waals surface area contributed by atoms with Crippen LogP contribution in [0.25, 0.3) is 11.0 Å². The molecule has 5 nitrogen and oxygen atoms in total. The van der Waals surface area contributed by atoms with Crippen molar-refractivity contribution in [2.75, 3.05) is 7.05 Å². The van der Waals surface area contributed by atoms with Gasteiger partial charge in [0, 0.05) is 35.9 Å². The van der Waals surface area contributed by atoms with Crippen molar-refractivity contribution in [3.05, 3.63) is 30.1 Å². The van der Waals surface area contributed by atoms with Gasteiger partial charge in [-0.25, -0.2) is 4.98 Å². The van der Waals surface area contributed by atoms with E-state index in [2.05, 4.69) is 27.2 Å². The van der Waals surface area contributed by atoms with Crippen LogP contribution in [0.4, 0.5) is 0 Å². The van der Waals surface area contributed by atoms with Crippen molar-refractivity contribution in [2.24, 2.45) is 0 Å². The maximum absolute atomic E-state index is 12.5. The number of hydrogen-bond acceptors (Lipinski definition) is 3. The zero-order chi connectivity index (χ0) is 14.4. The maximum atomic E-state index is 12.5. The maximum Gasteiger partial charge on any atom is 0.253 e. The number of carbonyl (C=O) groups is 1. The van der Waals surface area contributed by atoms with Crippen LogP contribution in [0, 0.1) is 0 Å². The first kappa shape index (κ1) is 12.8. The molecule has 0 aliphatic carbocycles. The second-order valence-corrected chi connectivity index (χ2v) is 6.29. The molecule has 110 valence electrons. The van der Waals surface area contributed by atoms with Gasteiger partial charge in [0.05, 0.1) is 5.56 Å². The Morgan fingerprint density at radius 3 is 2.90 bits per heavy atom. The fourth-order valence-electron chi connectivity index (χ4n) is 3.94. The predicted octanol–water partition coefficient (Wildman–Crippen LogP) is 1.92. The molecule has 2 aromatic rings. The Morgan fingerprint density at radius 1 is 1.38 bits per heavy atom. The lowest BCUT2D eigenvalue weighted by Crippen LogP contribution is -2.48. The summed E-state index contributed by atoms with van der Waals surface area (Å²) in [4.78, 5) is 22.3. The molecule has 2 aliphatic rings. The van der Waals surface area contributed by atoms with E-state index in [1.54, 1.807) is 12.4 Å². The van der Waals surface area contributed by atoms with Crippen molar-refractivity contribution in [3.8, 4) is 0 Å². The molecular weight excluding hydrogens is 264 g/mol. The molecule has 5 heteroatoms. The fraction of sp³-hybridized carbons (Fsp3) is 0.500. The summed E-state index contributed by atoms with van der Waals surface area (Å²) in [6.45, 7) is 0. The lowest BCUT2D eigenvalue weighted by atomic mass is 9.97. The molecule has 21 heavy (non-hydrogen) atoms. The fourth-order valence-corrected chi connectivity index (χ4v) is 3.94. The average molecular weight is 284 g/mol. The number of fused-ring (bicyclic) bond motifs is 3. The third-order valence-electron chi connectivity index (χ3n) is 5.13. The molecule has 2 fully saturated rings. The van der Waals surface area contributed by atoms with Gasteiger partial charge in [-0.1, -0.05) is 0 Å². The molecule has 0 saturated carbocycles. The first-order valence-corrected chi connectivity index (χ1v) is 7.67. The summed E-state index contributed by atoms with van der Waals surface area (Å²) < 4.78 is 0. The van der Waals surface area contributed by atoms with Crippen molar-refractivity contribution >= 4 is 16.9 Å². The number of pyridine rings is 1. The van der Waals surface area contributed by atoms with Crippen LogP contribution in [-0.4, -0.2) is 45.9 Å². The largest absolute Gasteiger partial charge is 0.349 e. The molecule has 1 amide bonds. The molecule has 0 radical (unpaired) electrons. The van der Waals surface area contributed by atoms with Gasteiger partial charge in [0.1, 0.15) is 5.65 Å². The van der Waals surface area contributed by atoms with Crippen LogP contribution in [0.2, 0.25) is 0 Å². The first-order valence-electron chi connectivity index (χ1n) is 7.67. The van der Waals surface area contributed by atoms with E-state index in [0.29, 0.717) is 23.7 Å². The number of hydrogen-bond donors (Lipinski definition) is 2. The molecule has 0 unspecified atom stereocenters. The number of rotatable bonds is 2. The second kappa shape index (κ2) is 4.84. The average Bonchev–Trinajstić information content (AvgIpc) is 2.98. The number of amides is 1. The normalized spacial score (nSPS) is 28.9. The lowest BCUT2D eigenvalue weighted by Gasteiger charge is -2.36. The monoisotopic (exact) mass is 284 g/mol. The van der Waals surface area contributed by atoms with Gasteiger partial charge in [0.2, 0.25) is 0 Å². The van der Waals surface area contributed by atoms with Gasteiger partial charge in [-0.3, -0.25) is 4.79 Å². The highest BCUT2D eigenvalue weighted by Crippen LogP contribution is 2.34. The minimum absolute atomic E-state index is 0.0169. The Labute approximate surface area is 123 Å². The smallest absolute Gasteiger partial charge is 0.253 e. The van der Waals surface area contributed by atoms with E-state index in [1.807, 2.05) is 12.1 Å². The van der Waals surface area contributed by atoms with Crippen LogP contribution in [0.1, 0.15) is 36.0 Å². The molecule has 2 aromatic heterocycles. The Morgan fingerprint density at radius 2 is 2.14 bits per heavy atom. The molecule has 2 saturated heterocycles. The SMILES string of the molecule is CN1[C@H]2CC[C@H]1CC(NC(=O)c1c[nH]c3ncccc13)C2. The van der Waals surface area contributed by atoms with Gasteiger partial charge in [-0.15, -0.1) is 0 Å². The van der Waals surface area contributed by atoms with E-state index >= 15 is 0 Å². The summed E-state index contributed by atoms with van der Waals surface area (Å²) in [5.74, 6) is 0.0169. The van der Waals surface area contributed by atoms with Gasteiger partial charge < -0.3 is 15.2 Å². The minimum Gasteiger partial charge on any atom is -0.349 e. The molecule has 4 rings (SSSR count). The minimum atomic E-state index is 0.0169. The van der Waals surface area contributed by atoms with E-state index in [4.69, 9.17) is 0 Å². The van der Waals surface area contributed by atoms with Gasteiger partial charge in [-0.05, 0) is 44.9 Å². The van der Waals surface area contributed by atoms with Crippen molar-refractivity contribution in [1.82, 2.24) is 20.2 Å².